The Hall–Kier alpha value is -0.990. The van der Waals surface area contributed by atoms with Crippen LogP contribution in [0.4, 0.5) is 4.79 Å². The summed E-state index contributed by atoms with van der Waals surface area (Å²) >= 11 is 0. The van der Waals surface area contributed by atoms with E-state index in [4.69, 9.17) is 0 Å². The van der Waals surface area contributed by atoms with E-state index in [1.165, 1.54) is 6.42 Å². The Kier molecular flexibility index (Phi) is 2.75. The SMILES string of the molecule is C=CCN(C(=O)NC1CCC1)C1CC1. The van der Waals surface area contributed by atoms with Gasteiger partial charge in [-0.2, -0.15) is 0 Å². The number of nitrogens with one attached hydrogen (secondary N) is 1. The second-order valence-electron chi connectivity index (χ2n) is 4.25. The Morgan fingerprint density at radius 3 is 2.57 bits per heavy atom. The van der Waals surface area contributed by atoms with Crippen molar-refractivity contribution in [1.29, 1.82) is 0 Å². The molecule has 14 heavy (non-hydrogen) atoms. The van der Waals surface area contributed by atoms with Crippen LogP contribution in [0.1, 0.15) is 32.1 Å². The molecule has 2 saturated carbocycles. The van der Waals surface area contributed by atoms with Crippen LogP contribution in [0.2, 0.25) is 0 Å². The highest BCUT2D eigenvalue weighted by atomic mass is 16.2. The fraction of sp³-hybridized carbons (Fsp3) is 0.727. The Morgan fingerprint density at radius 2 is 2.14 bits per heavy atom. The maximum atomic E-state index is 11.8. The van der Waals surface area contributed by atoms with E-state index in [-0.39, 0.29) is 6.03 Å². The number of rotatable bonds is 4. The van der Waals surface area contributed by atoms with E-state index in [9.17, 15) is 4.79 Å². The van der Waals surface area contributed by atoms with Gasteiger partial charge in [-0.25, -0.2) is 4.79 Å². The summed E-state index contributed by atoms with van der Waals surface area (Å²) in [5.74, 6) is 0. The third-order valence-corrected chi connectivity index (χ3v) is 3.01. The lowest BCUT2D eigenvalue weighted by Crippen LogP contribution is -2.48. The van der Waals surface area contributed by atoms with Crippen LogP contribution in [0, 0.1) is 0 Å². The monoisotopic (exact) mass is 194 g/mol. The van der Waals surface area contributed by atoms with Gasteiger partial charge in [0.1, 0.15) is 0 Å². The van der Waals surface area contributed by atoms with Crippen LogP contribution in [-0.4, -0.2) is 29.6 Å². The van der Waals surface area contributed by atoms with E-state index >= 15 is 0 Å². The van der Waals surface area contributed by atoms with Crippen molar-refractivity contribution in [3.63, 3.8) is 0 Å². The Labute approximate surface area is 85.2 Å². The van der Waals surface area contributed by atoms with Crippen molar-refractivity contribution >= 4 is 6.03 Å². The number of hydrogen-bond donors (Lipinski definition) is 1. The predicted molar refractivity (Wildman–Crippen MR) is 56.1 cm³/mol. The van der Waals surface area contributed by atoms with Gasteiger partial charge >= 0.3 is 6.03 Å². The second kappa shape index (κ2) is 4.03. The third kappa shape index (κ3) is 2.08. The van der Waals surface area contributed by atoms with E-state index < -0.39 is 0 Å². The first-order chi connectivity index (χ1) is 6.81. The average Bonchev–Trinajstić information content (AvgIpc) is 2.90. The van der Waals surface area contributed by atoms with Gasteiger partial charge in [0.15, 0.2) is 0 Å². The molecular formula is C11H18N2O. The lowest BCUT2D eigenvalue weighted by atomic mass is 9.93. The van der Waals surface area contributed by atoms with Crippen LogP contribution in [-0.2, 0) is 0 Å². The van der Waals surface area contributed by atoms with Crippen molar-refractivity contribution in [1.82, 2.24) is 10.2 Å². The molecule has 2 aliphatic rings. The molecule has 0 aromatic heterocycles. The molecule has 0 aromatic carbocycles. The second-order valence-corrected chi connectivity index (χ2v) is 4.25. The molecule has 2 amide bonds. The predicted octanol–water partition coefficient (Wildman–Crippen LogP) is 1.90. The summed E-state index contributed by atoms with van der Waals surface area (Å²) in [6, 6.07) is 1.03. The minimum Gasteiger partial charge on any atom is -0.335 e. The smallest absolute Gasteiger partial charge is 0.318 e. The summed E-state index contributed by atoms with van der Waals surface area (Å²) in [5.41, 5.74) is 0. The summed E-state index contributed by atoms with van der Waals surface area (Å²) in [7, 11) is 0. The largest absolute Gasteiger partial charge is 0.335 e. The molecule has 2 aliphatic carbocycles. The molecule has 0 spiro atoms. The van der Waals surface area contributed by atoms with Gasteiger partial charge in [0.2, 0.25) is 0 Å². The van der Waals surface area contributed by atoms with E-state index in [2.05, 4.69) is 11.9 Å². The van der Waals surface area contributed by atoms with Gasteiger partial charge < -0.3 is 10.2 Å². The first-order valence-corrected chi connectivity index (χ1v) is 5.49. The van der Waals surface area contributed by atoms with Crippen molar-refractivity contribution in [3.05, 3.63) is 12.7 Å². The molecule has 2 fully saturated rings. The molecule has 0 unspecified atom stereocenters. The standard InChI is InChI=1S/C11H18N2O/c1-2-8-13(10-6-7-10)11(14)12-9-4-3-5-9/h2,9-10H,1,3-8H2,(H,12,14). The number of hydrogen-bond acceptors (Lipinski definition) is 1. The van der Waals surface area contributed by atoms with Crippen LogP contribution >= 0.6 is 0 Å². The van der Waals surface area contributed by atoms with Crippen LogP contribution in [0.25, 0.3) is 0 Å². The molecule has 3 heteroatoms. The quantitative estimate of drug-likeness (QED) is 0.681. The zero-order valence-electron chi connectivity index (χ0n) is 8.54. The van der Waals surface area contributed by atoms with Crippen molar-refractivity contribution in [2.45, 2.75) is 44.2 Å². The van der Waals surface area contributed by atoms with Crippen molar-refractivity contribution < 1.29 is 4.79 Å². The fourth-order valence-electron chi connectivity index (χ4n) is 1.73. The van der Waals surface area contributed by atoms with E-state index in [0.717, 1.165) is 25.7 Å². The molecule has 78 valence electrons. The maximum absolute atomic E-state index is 11.8. The van der Waals surface area contributed by atoms with E-state index in [0.29, 0.717) is 18.6 Å². The molecule has 0 saturated heterocycles. The number of nitrogens with zero attached hydrogens (tertiary/aromatic N) is 1. The highest BCUT2D eigenvalue weighted by Crippen LogP contribution is 2.27. The molecule has 0 heterocycles. The molecule has 0 bridgehead atoms. The highest BCUT2D eigenvalue weighted by molar-refractivity contribution is 5.75. The van der Waals surface area contributed by atoms with Gasteiger partial charge in [-0.1, -0.05) is 6.08 Å². The molecule has 0 aliphatic heterocycles. The summed E-state index contributed by atoms with van der Waals surface area (Å²) in [4.78, 5) is 13.7. The molecule has 3 nitrogen and oxygen atoms in total. The summed E-state index contributed by atoms with van der Waals surface area (Å²) in [5, 5.41) is 3.06. The Morgan fingerprint density at radius 1 is 1.43 bits per heavy atom. The third-order valence-electron chi connectivity index (χ3n) is 3.01. The molecule has 2 rings (SSSR count). The summed E-state index contributed by atoms with van der Waals surface area (Å²) in [6.07, 6.45) is 7.68. The van der Waals surface area contributed by atoms with Crippen LogP contribution in [0.5, 0.6) is 0 Å². The Bertz CT molecular complexity index is 231. The van der Waals surface area contributed by atoms with Gasteiger partial charge in [0.25, 0.3) is 0 Å². The molecule has 0 aromatic rings. The number of urea groups is 1. The number of carbonyl (C=O) groups is 1. The van der Waals surface area contributed by atoms with Crippen LogP contribution in [0.3, 0.4) is 0 Å². The molecule has 1 N–H and O–H groups in total. The lowest BCUT2D eigenvalue weighted by Gasteiger charge is -2.30. The topological polar surface area (TPSA) is 32.3 Å². The fourth-order valence-corrected chi connectivity index (χ4v) is 1.73. The minimum absolute atomic E-state index is 0.108. The van der Waals surface area contributed by atoms with Gasteiger partial charge in [0.05, 0.1) is 0 Å². The summed E-state index contributed by atoms with van der Waals surface area (Å²) in [6.45, 7) is 4.37. The lowest BCUT2D eigenvalue weighted by molar-refractivity contribution is 0.189. The zero-order valence-corrected chi connectivity index (χ0v) is 8.54. The maximum Gasteiger partial charge on any atom is 0.318 e. The van der Waals surface area contributed by atoms with Crippen LogP contribution in [0.15, 0.2) is 12.7 Å². The highest BCUT2D eigenvalue weighted by Gasteiger charge is 2.33. The minimum atomic E-state index is 0.108. The molecule has 0 radical (unpaired) electrons. The number of amides is 2. The van der Waals surface area contributed by atoms with Crippen LogP contribution < -0.4 is 5.32 Å². The normalized spacial score (nSPS) is 21.1. The summed E-state index contributed by atoms with van der Waals surface area (Å²) < 4.78 is 0. The first kappa shape index (κ1) is 9.56. The average molecular weight is 194 g/mol. The molecule has 0 atom stereocenters. The van der Waals surface area contributed by atoms with Gasteiger partial charge in [-0.05, 0) is 32.1 Å². The van der Waals surface area contributed by atoms with E-state index in [1.54, 1.807) is 6.08 Å². The van der Waals surface area contributed by atoms with Gasteiger partial charge in [0, 0.05) is 18.6 Å². The number of carbonyl (C=O) groups excluding carboxylic acids is 1. The van der Waals surface area contributed by atoms with Gasteiger partial charge in [-0.3, -0.25) is 0 Å². The van der Waals surface area contributed by atoms with Crippen molar-refractivity contribution in [2.24, 2.45) is 0 Å². The van der Waals surface area contributed by atoms with Crippen molar-refractivity contribution in [2.75, 3.05) is 6.54 Å². The Balaban J connectivity index is 1.82. The van der Waals surface area contributed by atoms with Crippen molar-refractivity contribution in [3.8, 4) is 0 Å². The first-order valence-electron chi connectivity index (χ1n) is 5.49. The molecular weight excluding hydrogens is 176 g/mol. The van der Waals surface area contributed by atoms with Gasteiger partial charge in [-0.15, -0.1) is 6.58 Å². The van der Waals surface area contributed by atoms with E-state index in [1.807, 2.05) is 4.90 Å². The zero-order chi connectivity index (χ0) is 9.97.